The molecule has 0 fully saturated rings. The van der Waals surface area contributed by atoms with Crippen LogP contribution in [-0.2, 0) is 4.65 Å². The third-order valence-corrected chi connectivity index (χ3v) is 3.68. The van der Waals surface area contributed by atoms with E-state index in [1.165, 1.54) is 0 Å². The van der Waals surface area contributed by atoms with Crippen LogP contribution in [-0.4, -0.2) is 44.2 Å². The van der Waals surface area contributed by atoms with E-state index in [2.05, 4.69) is 20.2 Å². The van der Waals surface area contributed by atoms with E-state index in [-0.39, 0.29) is 18.7 Å². The lowest BCUT2D eigenvalue weighted by Gasteiger charge is -2.17. The Kier molecular flexibility index (Phi) is 6.66. The number of nitrogens with zero attached hydrogens (tertiary/aromatic N) is 4. The molecule has 1 heterocycles. The third kappa shape index (κ3) is 5.10. The Morgan fingerprint density at radius 2 is 2.00 bits per heavy atom. The van der Waals surface area contributed by atoms with Gasteiger partial charge in [0.1, 0.15) is 0 Å². The van der Waals surface area contributed by atoms with Crippen molar-refractivity contribution in [3.63, 3.8) is 0 Å². The molecule has 1 aromatic carbocycles. The molecule has 0 saturated heterocycles. The summed E-state index contributed by atoms with van der Waals surface area (Å²) in [5.74, 6) is 0.643. The lowest BCUT2D eigenvalue weighted by Crippen LogP contribution is -2.21. The van der Waals surface area contributed by atoms with Crippen LogP contribution in [0.25, 0.3) is 0 Å². The third-order valence-electron chi connectivity index (χ3n) is 3.68. The van der Waals surface area contributed by atoms with Crippen molar-refractivity contribution in [2.24, 2.45) is 5.73 Å². The molecular weight excluding hydrogens is 297 g/mol. The second-order valence-corrected chi connectivity index (χ2v) is 5.37. The van der Waals surface area contributed by atoms with Crippen LogP contribution in [0.4, 0.5) is 0 Å². The normalized spacial score (nSPS) is 13.7. The van der Waals surface area contributed by atoms with Gasteiger partial charge >= 0.3 is 7.32 Å². The minimum atomic E-state index is -1.72. The van der Waals surface area contributed by atoms with Crippen LogP contribution in [0.1, 0.15) is 49.7 Å². The Hall–Kier alpha value is -1.81. The zero-order chi connectivity index (χ0) is 16.7. The summed E-state index contributed by atoms with van der Waals surface area (Å²) in [7, 11) is -1.72. The van der Waals surface area contributed by atoms with Crippen molar-refractivity contribution < 1.29 is 14.7 Å². The van der Waals surface area contributed by atoms with Gasteiger partial charge in [0.25, 0.3) is 0 Å². The van der Waals surface area contributed by atoms with Gasteiger partial charge in [-0.15, -0.1) is 5.10 Å². The molecule has 0 aliphatic rings. The molecule has 2 rings (SSSR count). The summed E-state index contributed by atoms with van der Waals surface area (Å²) in [5.41, 5.74) is 7.31. The van der Waals surface area contributed by atoms with Crippen molar-refractivity contribution in [3.8, 4) is 0 Å². The van der Waals surface area contributed by atoms with Gasteiger partial charge in [-0.3, -0.25) is 0 Å². The van der Waals surface area contributed by atoms with Crippen LogP contribution in [0.5, 0.6) is 0 Å². The van der Waals surface area contributed by atoms with Crippen LogP contribution >= 0.6 is 0 Å². The lowest BCUT2D eigenvalue weighted by atomic mass is 10.1. The maximum absolute atomic E-state index is 8.60. The van der Waals surface area contributed by atoms with E-state index in [1.807, 2.05) is 37.3 Å². The van der Waals surface area contributed by atoms with Gasteiger partial charge in [-0.2, -0.15) is 0 Å². The van der Waals surface area contributed by atoms with Crippen molar-refractivity contribution in [1.82, 2.24) is 20.2 Å². The molecule has 2 unspecified atom stereocenters. The number of aromatic nitrogens is 4. The molecule has 2 aromatic rings. The fourth-order valence-electron chi connectivity index (χ4n) is 2.38. The fraction of sp³-hybridized carbons (Fsp3) is 0.500. The van der Waals surface area contributed by atoms with Crippen molar-refractivity contribution in [1.29, 1.82) is 0 Å². The second kappa shape index (κ2) is 8.73. The van der Waals surface area contributed by atoms with Crippen LogP contribution in [0, 0.1) is 0 Å². The first-order valence-electron chi connectivity index (χ1n) is 7.65. The lowest BCUT2D eigenvalue weighted by molar-refractivity contribution is 0.181. The second-order valence-electron chi connectivity index (χ2n) is 5.37. The molecule has 23 heavy (non-hydrogen) atoms. The molecule has 0 aliphatic heterocycles. The molecule has 0 bridgehead atoms. The standard InChI is InChI=1S/C14H22BN5O3/c1-11(12-7-3-2-4-8-12)20-14(17-18-19-20)13(16)9-5-6-10-23-15(21)22/h2-4,7-8,11,13,21-22H,5-6,9-10,16H2,1H3. The number of nitrogens with two attached hydrogens (primary N) is 1. The predicted octanol–water partition coefficient (Wildman–Crippen LogP) is 0.439. The summed E-state index contributed by atoms with van der Waals surface area (Å²) in [6.45, 7) is 2.30. The van der Waals surface area contributed by atoms with Gasteiger partial charge < -0.3 is 20.4 Å². The number of rotatable bonds is 9. The highest BCUT2D eigenvalue weighted by Crippen LogP contribution is 2.21. The SMILES string of the molecule is CC(c1ccccc1)n1nnnc1C(N)CCCCOB(O)O. The van der Waals surface area contributed by atoms with E-state index >= 15 is 0 Å². The molecule has 2 atom stereocenters. The Balaban J connectivity index is 1.92. The highest BCUT2D eigenvalue weighted by molar-refractivity contribution is 6.32. The van der Waals surface area contributed by atoms with E-state index in [1.54, 1.807) is 4.68 Å². The van der Waals surface area contributed by atoms with Crippen LogP contribution in [0.2, 0.25) is 0 Å². The molecule has 9 heteroatoms. The number of unbranched alkanes of at least 4 members (excludes halogenated alkanes) is 1. The highest BCUT2D eigenvalue weighted by Gasteiger charge is 2.19. The zero-order valence-corrected chi connectivity index (χ0v) is 13.1. The van der Waals surface area contributed by atoms with E-state index in [9.17, 15) is 0 Å². The van der Waals surface area contributed by atoms with Gasteiger partial charge in [0.15, 0.2) is 5.82 Å². The van der Waals surface area contributed by atoms with Crippen molar-refractivity contribution in [3.05, 3.63) is 41.7 Å². The number of hydrogen-bond acceptors (Lipinski definition) is 7. The van der Waals surface area contributed by atoms with Crippen molar-refractivity contribution in [2.45, 2.75) is 38.3 Å². The van der Waals surface area contributed by atoms with E-state index in [4.69, 9.17) is 15.8 Å². The molecule has 0 aliphatic carbocycles. The molecule has 124 valence electrons. The molecule has 0 saturated carbocycles. The average Bonchev–Trinajstić information content (AvgIpc) is 3.04. The zero-order valence-electron chi connectivity index (χ0n) is 13.1. The maximum Gasteiger partial charge on any atom is 0.633 e. The summed E-state index contributed by atoms with van der Waals surface area (Å²) in [5, 5.41) is 29.1. The first-order chi connectivity index (χ1) is 11.1. The van der Waals surface area contributed by atoms with Crippen LogP contribution in [0.15, 0.2) is 30.3 Å². The maximum atomic E-state index is 8.60. The highest BCUT2D eigenvalue weighted by atomic mass is 16.6. The Morgan fingerprint density at radius 3 is 2.70 bits per heavy atom. The summed E-state index contributed by atoms with van der Waals surface area (Å²) < 4.78 is 6.40. The van der Waals surface area contributed by atoms with Gasteiger partial charge in [-0.05, 0) is 42.2 Å². The van der Waals surface area contributed by atoms with Gasteiger partial charge in [0.2, 0.25) is 0 Å². The van der Waals surface area contributed by atoms with Gasteiger partial charge in [-0.25, -0.2) is 4.68 Å². The minimum Gasteiger partial charge on any atom is -0.402 e. The largest absolute Gasteiger partial charge is 0.633 e. The first kappa shape index (κ1) is 17.5. The fourth-order valence-corrected chi connectivity index (χ4v) is 2.38. The molecule has 1 aromatic heterocycles. The topological polar surface area (TPSA) is 119 Å². The molecule has 8 nitrogen and oxygen atoms in total. The van der Waals surface area contributed by atoms with E-state index < -0.39 is 7.32 Å². The quantitative estimate of drug-likeness (QED) is 0.453. The monoisotopic (exact) mass is 319 g/mol. The average molecular weight is 319 g/mol. The Labute approximate surface area is 135 Å². The van der Waals surface area contributed by atoms with Gasteiger partial charge in [0, 0.05) is 6.61 Å². The molecule has 0 spiro atoms. The summed E-state index contributed by atoms with van der Waals surface area (Å²) in [6.07, 6.45) is 2.15. The van der Waals surface area contributed by atoms with Crippen LogP contribution < -0.4 is 5.73 Å². The summed E-state index contributed by atoms with van der Waals surface area (Å²) in [6, 6.07) is 9.69. The molecule has 0 radical (unpaired) electrons. The number of hydrogen-bond donors (Lipinski definition) is 3. The van der Waals surface area contributed by atoms with E-state index in [0.717, 1.165) is 12.0 Å². The summed E-state index contributed by atoms with van der Waals surface area (Å²) in [4.78, 5) is 0. The van der Waals surface area contributed by atoms with Gasteiger partial charge in [-0.1, -0.05) is 30.3 Å². The molecular formula is C14H22BN5O3. The van der Waals surface area contributed by atoms with Crippen molar-refractivity contribution >= 4 is 7.32 Å². The van der Waals surface area contributed by atoms with Gasteiger partial charge in [0.05, 0.1) is 12.1 Å². The summed E-state index contributed by atoms with van der Waals surface area (Å²) >= 11 is 0. The Morgan fingerprint density at radius 1 is 1.26 bits per heavy atom. The number of benzene rings is 1. The Bertz CT molecular complexity index is 581. The molecule has 0 amide bonds. The predicted molar refractivity (Wildman–Crippen MR) is 85.0 cm³/mol. The van der Waals surface area contributed by atoms with Crippen LogP contribution in [0.3, 0.4) is 0 Å². The molecule has 4 N–H and O–H groups in total. The smallest absolute Gasteiger partial charge is 0.402 e. The van der Waals surface area contributed by atoms with Crippen molar-refractivity contribution in [2.75, 3.05) is 6.61 Å². The van der Waals surface area contributed by atoms with E-state index in [0.29, 0.717) is 18.7 Å². The first-order valence-corrected chi connectivity index (χ1v) is 7.65. The minimum absolute atomic E-state index is 0.000111. The number of tetrazole rings is 1.